The number of nitrogens with one attached hydrogen (secondary N) is 4. The van der Waals surface area contributed by atoms with Crippen LogP contribution in [0.15, 0.2) is 84.6 Å². The van der Waals surface area contributed by atoms with Crippen molar-refractivity contribution in [2.75, 3.05) is 10.6 Å². The van der Waals surface area contributed by atoms with Crippen LogP contribution in [0.2, 0.25) is 0 Å². The molecule has 0 spiro atoms. The third-order valence-electron chi connectivity index (χ3n) is 4.97. The fourth-order valence-corrected chi connectivity index (χ4v) is 3.68. The summed E-state index contributed by atoms with van der Waals surface area (Å²) in [5, 5.41) is 12.9. The van der Waals surface area contributed by atoms with Crippen LogP contribution in [0.4, 0.5) is 11.4 Å². The van der Waals surface area contributed by atoms with Crippen LogP contribution < -0.4 is 21.3 Å². The lowest BCUT2D eigenvalue weighted by Crippen LogP contribution is -2.46. The van der Waals surface area contributed by atoms with Gasteiger partial charge in [-0.25, -0.2) is 0 Å². The number of aromatic nitrogens is 1. The van der Waals surface area contributed by atoms with Crippen LogP contribution in [0.3, 0.4) is 0 Å². The molecular formula is C21H20N6O. The summed E-state index contributed by atoms with van der Waals surface area (Å²) in [6.07, 6.45) is 11.8. The van der Waals surface area contributed by atoms with Crippen LogP contribution in [-0.4, -0.2) is 28.2 Å². The van der Waals surface area contributed by atoms with E-state index in [4.69, 9.17) is 0 Å². The number of allylic oxidation sites excluding steroid dienone is 3. The molecule has 4 N–H and O–H groups in total. The summed E-state index contributed by atoms with van der Waals surface area (Å²) in [6, 6.07) is 11.8. The molecule has 0 fully saturated rings. The van der Waals surface area contributed by atoms with Gasteiger partial charge in [0.2, 0.25) is 0 Å². The predicted molar refractivity (Wildman–Crippen MR) is 108 cm³/mol. The van der Waals surface area contributed by atoms with Gasteiger partial charge < -0.3 is 26.2 Å². The fraction of sp³-hybridized carbons (Fsp3) is 0.143. The highest BCUT2D eigenvalue weighted by Gasteiger charge is 2.34. The van der Waals surface area contributed by atoms with Crippen LogP contribution in [0, 0.1) is 0 Å². The Morgan fingerprint density at radius 3 is 2.64 bits per heavy atom. The molecule has 1 atom stereocenters. The molecule has 2 aromatic rings. The molecular weight excluding hydrogens is 352 g/mol. The third kappa shape index (κ3) is 2.96. The number of carbonyl (C=O) groups is 1. The van der Waals surface area contributed by atoms with Crippen molar-refractivity contribution >= 4 is 17.3 Å². The molecule has 1 aromatic carbocycles. The molecule has 1 amide bonds. The normalized spacial score (nSPS) is 19.6. The van der Waals surface area contributed by atoms with Gasteiger partial charge in [0.05, 0.1) is 17.1 Å². The Hall–Kier alpha value is -3.74. The van der Waals surface area contributed by atoms with E-state index in [1.165, 1.54) is 0 Å². The third-order valence-corrected chi connectivity index (χ3v) is 4.97. The molecule has 0 aliphatic carbocycles. The quantitative estimate of drug-likeness (QED) is 0.658. The van der Waals surface area contributed by atoms with Crippen molar-refractivity contribution < 1.29 is 4.79 Å². The van der Waals surface area contributed by atoms with E-state index in [2.05, 4.69) is 31.2 Å². The summed E-state index contributed by atoms with van der Waals surface area (Å²) in [7, 11) is 0. The molecule has 0 radical (unpaired) electrons. The summed E-state index contributed by atoms with van der Waals surface area (Å²) in [4.78, 5) is 19.3. The highest BCUT2D eigenvalue weighted by molar-refractivity contribution is 5.95. The number of pyridine rings is 1. The van der Waals surface area contributed by atoms with E-state index in [1.54, 1.807) is 6.20 Å². The van der Waals surface area contributed by atoms with Crippen molar-refractivity contribution in [3.63, 3.8) is 0 Å². The summed E-state index contributed by atoms with van der Waals surface area (Å²) in [6.45, 7) is 0. The first-order valence-corrected chi connectivity index (χ1v) is 9.24. The molecule has 1 aromatic heterocycles. The standard InChI is InChI=1S/C21H20N6O/c28-20(26-21-23-15-7-1-2-8-16(15)24-21)19-17-9-3-4-11-27(17)18(25-19)12-14-6-5-10-22-13-14/h1-11,13,18,21,23-25H,12H2,(H,26,28). The molecule has 3 aliphatic rings. The number of fused-ring (bicyclic) bond motifs is 2. The molecule has 4 heterocycles. The van der Waals surface area contributed by atoms with Crippen LogP contribution in [0.1, 0.15) is 5.56 Å². The summed E-state index contributed by atoms with van der Waals surface area (Å²) < 4.78 is 0. The van der Waals surface area contributed by atoms with E-state index >= 15 is 0 Å². The van der Waals surface area contributed by atoms with Gasteiger partial charge >= 0.3 is 0 Å². The van der Waals surface area contributed by atoms with Crippen molar-refractivity contribution in [2.24, 2.45) is 0 Å². The summed E-state index contributed by atoms with van der Waals surface area (Å²) >= 11 is 0. The average Bonchev–Trinajstić information content (AvgIpc) is 3.30. The maximum absolute atomic E-state index is 13.0. The highest BCUT2D eigenvalue weighted by atomic mass is 16.2. The molecule has 0 saturated heterocycles. The van der Waals surface area contributed by atoms with E-state index in [1.807, 2.05) is 67.0 Å². The number of hydrogen-bond acceptors (Lipinski definition) is 6. The van der Waals surface area contributed by atoms with Gasteiger partial charge in [0.15, 0.2) is 6.29 Å². The number of nitrogens with zero attached hydrogens (tertiary/aromatic N) is 2. The second-order valence-corrected chi connectivity index (χ2v) is 6.83. The lowest BCUT2D eigenvalue weighted by molar-refractivity contribution is -0.118. The van der Waals surface area contributed by atoms with E-state index in [0.29, 0.717) is 5.70 Å². The molecule has 7 heteroatoms. The minimum Gasteiger partial charge on any atom is -0.358 e. The zero-order valence-electron chi connectivity index (χ0n) is 15.1. The molecule has 1 unspecified atom stereocenters. The number of carbonyl (C=O) groups excluding carboxylic acids is 1. The molecule has 7 nitrogen and oxygen atoms in total. The van der Waals surface area contributed by atoms with Crippen molar-refractivity contribution in [2.45, 2.75) is 18.9 Å². The van der Waals surface area contributed by atoms with Crippen molar-refractivity contribution in [1.82, 2.24) is 20.5 Å². The first kappa shape index (κ1) is 16.4. The molecule has 140 valence electrons. The minimum absolute atomic E-state index is 0.0390. The number of rotatable bonds is 4. The van der Waals surface area contributed by atoms with E-state index in [9.17, 15) is 4.79 Å². The fourth-order valence-electron chi connectivity index (χ4n) is 3.68. The Morgan fingerprint density at radius 2 is 1.89 bits per heavy atom. The van der Waals surface area contributed by atoms with Gasteiger partial charge in [-0.2, -0.15) is 0 Å². The molecule has 0 saturated carbocycles. The maximum Gasteiger partial charge on any atom is 0.272 e. The maximum atomic E-state index is 13.0. The van der Waals surface area contributed by atoms with Crippen molar-refractivity contribution in [3.8, 4) is 0 Å². The van der Waals surface area contributed by atoms with Gasteiger partial charge in [-0.1, -0.05) is 24.3 Å². The van der Waals surface area contributed by atoms with Crippen LogP contribution >= 0.6 is 0 Å². The van der Waals surface area contributed by atoms with Gasteiger partial charge in [0.25, 0.3) is 5.91 Å². The molecule has 5 rings (SSSR count). The zero-order valence-corrected chi connectivity index (χ0v) is 15.1. The molecule has 28 heavy (non-hydrogen) atoms. The smallest absolute Gasteiger partial charge is 0.272 e. The van der Waals surface area contributed by atoms with Gasteiger partial charge in [-0.15, -0.1) is 0 Å². The van der Waals surface area contributed by atoms with Gasteiger partial charge in [-0.3, -0.25) is 9.78 Å². The number of hydrogen-bond donors (Lipinski definition) is 4. The van der Waals surface area contributed by atoms with Crippen LogP contribution in [0.25, 0.3) is 0 Å². The Labute approximate surface area is 162 Å². The second-order valence-electron chi connectivity index (χ2n) is 6.83. The summed E-state index contributed by atoms with van der Waals surface area (Å²) in [5.74, 6) is -0.161. The number of anilines is 2. The van der Waals surface area contributed by atoms with Crippen molar-refractivity contribution in [3.05, 3.63) is 90.2 Å². The Bertz CT molecular complexity index is 972. The number of para-hydroxylation sites is 2. The first-order valence-electron chi connectivity index (χ1n) is 9.24. The number of amides is 1. The first-order chi connectivity index (χ1) is 13.8. The van der Waals surface area contributed by atoms with Gasteiger partial charge in [0.1, 0.15) is 11.9 Å². The van der Waals surface area contributed by atoms with Crippen molar-refractivity contribution in [1.29, 1.82) is 0 Å². The van der Waals surface area contributed by atoms with E-state index in [0.717, 1.165) is 29.1 Å². The van der Waals surface area contributed by atoms with Gasteiger partial charge in [-0.05, 0) is 35.9 Å². The number of benzene rings is 1. The monoisotopic (exact) mass is 372 g/mol. The average molecular weight is 372 g/mol. The molecule has 0 bridgehead atoms. The van der Waals surface area contributed by atoms with Gasteiger partial charge in [0, 0.05) is 25.0 Å². The lowest BCUT2D eigenvalue weighted by atomic mass is 10.1. The Kier molecular flexibility index (Phi) is 3.97. The zero-order chi connectivity index (χ0) is 18.9. The highest BCUT2D eigenvalue weighted by Crippen LogP contribution is 2.29. The largest absolute Gasteiger partial charge is 0.358 e. The lowest BCUT2D eigenvalue weighted by Gasteiger charge is -2.25. The Balaban J connectivity index is 1.32. The van der Waals surface area contributed by atoms with Crippen LogP contribution in [0.5, 0.6) is 0 Å². The van der Waals surface area contributed by atoms with E-state index < -0.39 is 0 Å². The second kappa shape index (κ2) is 6.77. The van der Waals surface area contributed by atoms with E-state index in [-0.39, 0.29) is 18.4 Å². The topological polar surface area (TPSA) is 81.3 Å². The summed E-state index contributed by atoms with van der Waals surface area (Å²) in [5.41, 5.74) is 4.49. The molecule has 3 aliphatic heterocycles. The minimum atomic E-state index is -0.353. The predicted octanol–water partition coefficient (Wildman–Crippen LogP) is 2.09. The SMILES string of the molecule is O=C(NC1Nc2ccccc2N1)C1=C2C=CC=CN2C(Cc2cccnc2)N1. The Morgan fingerprint density at radius 1 is 1.07 bits per heavy atom. The van der Waals surface area contributed by atoms with Crippen LogP contribution in [-0.2, 0) is 11.2 Å².